The highest BCUT2D eigenvalue weighted by Crippen LogP contribution is 2.29. The monoisotopic (exact) mass is 326 g/mol. The molecule has 1 unspecified atom stereocenters. The topological polar surface area (TPSA) is 52.6 Å². The molecule has 1 aliphatic rings. The molecular weight excluding hydrogens is 312 g/mol. The Morgan fingerprint density at radius 3 is 2.84 bits per heavy atom. The Bertz CT molecular complexity index is 498. The molecule has 1 fully saturated rings. The number of rotatable bonds is 4. The van der Waals surface area contributed by atoms with E-state index in [1.807, 2.05) is 0 Å². The van der Waals surface area contributed by atoms with Gasteiger partial charge in [-0.2, -0.15) is 0 Å². The zero-order valence-electron chi connectivity index (χ0n) is 10.6. The fourth-order valence-electron chi connectivity index (χ4n) is 2.00. The SMILES string of the molecule is CCOC(=O)c1ccc(OC2CCCC2=O)c(Br)c1. The van der Waals surface area contributed by atoms with Crippen LogP contribution in [-0.4, -0.2) is 24.5 Å². The Balaban J connectivity index is 2.10. The lowest BCUT2D eigenvalue weighted by Crippen LogP contribution is -2.21. The van der Waals surface area contributed by atoms with Crippen molar-refractivity contribution < 1.29 is 19.1 Å². The van der Waals surface area contributed by atoms with Gasteiger partial charge in [0.05, 0.1) is 16.6 Å². The van der Waals surface area contributed by atoms with Gasteiger partial charge in [-0.25, -0.2) is 4.79 Å². The molecule has 1 aromatic rings. The van der Waals surface area contributed by atoms with E-state index in [-0.39, 0.29) is 17.9 Å². The maximum atomic E-state index is 11.6. The zero-order chi connectivity index (χ0) is 13.8. The van der Waals surface area contributed by atoms with Crippen molar-refractivity contribution in [2.75, 3.05) is 6.61 Å². The highest BCUT2D eigenvalue weighted by atomic mass is 79.9. The summed E-state index contributed by atoms with van der Waals surface area (Å²) in [4.78, 5) is 23.1. The number of esters is 1. The van der Waals surface area contributed by atoms with Gasteiger partial charge in [0.1, 0.15) is 5.75 Å². The summed E-state index contributed by atoms with van der Waals surface area (Å²) in [6.45, 7) is 2.10. The molecule has 2 rings (SSSR count). The van der Waals surface area contributed by atoms with Crippen molar-refractivity contribution in [3.8, 4) is 5.75 Å². The first-order valence-electron chi connectivity index (χ1n) is 6.28. The molecule has 0 heterocycles. The minimum Gasteiger partial charge on any atom is -0.481 e. The van der Waals surface area contributed by atoms with Crippen LogP contribution >= 0.6 is 15.9 Å². The van der Waals surface area contributed by atoms with E-state index in [0.29, 0.717) is 28.8 Å². The van der Waals surface area contributed by atoms with Crippen LogP contribution in [0.15, 0.2) is 22.7 Å². The highest BCUT2D eigenvalue weighted by Gasteiger charge is 2.26. The average molecular weight is 327 g/mol. The molecule has 5 heteroatoms. The fraction of sp³-hybridized carbons (Fsp3) is 0.429. The molecule has 102 valence electrons. The van der Waals surface area contributed by atoms with E-state index in [1.54, 1.807) is 25.1 Å². The zero-order valence-corrected chi connectivity index (χ0v) is 12.2. The van der Waals surface area contributed by atoms with Gasteiger partial charge < -0.3 is 9.47 Å². The van der Waals surface area contributed by atoms with E-state index in [1.165, 1.54) is 0 Å². The molecule has 0 aliphatic heterocycles. The van der Waals surface area contributed by atoms with Crippen molar-refractivity contribution >= 4 is 27.7 Å². The standard InChI is InChI=1S/C14H15BrO4/c1-2-18-14(17)9-6-7-12(10(15)8-9)19-13-5-3-4-11(13)16/h6-8,13H,2-5H2,1H3. The molecule has 1 aliphatic carbocycles. The van der Waals surface area contributed by atoms with Crippen molar-refractivity contribution in [2.24, 2.45) is 0 Å². The van der Waals surface area contributed by atoms with E-state index in [0.717, 1.165) is 12.8 Å². The summed E-state index contributed by atoms with van der Waals surface area (Å²) in [6.07, 6.45) is 1.86. The Morgan fingerprint density at radius 2 is 2.26 bits per heavy atom. The fourth-order valence-corrected chi connectivity index (χ4v) is 2.47. The average Bonchev–Trinajstić information content (AvgIpc) is 2.78. The molecule has 19 heavy (non-hydrogen) atoms. The number of Topliss-reactive ketones (excluding diaryl/α,β-unsaturated/α-hetero) is 1. The van der Waals surface area contributed by atoms with Crippen LogP contribution in [0, 0.1) is 0 Å². The third-order valence-electron chi connectivity index (χ3n) is 2.96. The van der Waals surface area contributed by atoms with Gasteiger partial charge in [0.15, 0.2) is 11.9 Å². The summed E-state index contributed by atoms with van der Waals surface area (Å²) >= 11 is 3.35. The molecule has 0 amide bonds. The third-order valence-corrected chi connectivity index (χ3v) is 3.58. The van der Waals surface area contributed by atoms with Crippen LogP contribution < -0.4 is 4.74 Å². The van der Waals surface area contributed by atoms with Crippen molar-refractivity contribution in [3.63, 3.8) is 0 Å². The number of carbonyl (C=O) groups excluding carboxylic acids is 2. The number of hydrogen-bond donors (Lipinski definition) is 0. The molecule has 1 atom stereocenters. The van der Waals surface area contributed by atoms with Gasteiger partial charge in [0.25, 0.3) is 0 Å². The first-order valence-corrected chi connectivity index (χ1v) is 7.07. The summed E-state index contributed by atoms with van der Waals surface area (Å²) < 4.78 is 11.2. The van der Waals surface area contributed by atoms with Crippen molar-refractivity contribution in [3.05, 3.63) is 28.2 Å². The molecule has 0 radical (unpaired) electrons. The Labute approximate surface area is 120 Å². The smallest absolute Gasteiger partial charge is 0.338 e. The van der Waals surface area contributed by atoms with Crippen molar-refractivity contribution in [1.29, 1.82) is 0 Å². The van der Waals surface area contributed by atoms with E-state index in [2.05, 4.69) is 15.9 Å². The van der Waals surface area contributed by atoms with Crippen LogP contribution in [-0.2, 0) is 9.53 Å². The predicted molar refractivity (Wildman–Crippen MR) is 73.4 cm³/mol. The van der Waals surface area contributed by atoms with Gasteiger partial charge in [-0.1, -0.05) is 0 Å². The highest BCUT2D eigenvalue weighted by molar-refractivity contribution is 9.10. The van der Waals surface area contributed by atoms with Gasteiger partial charge in [0, 0.05) is 6.42 Å². The predicted octanol–water partition coefficient (Wildman–Crippen LogP) is 3.13. The second-order valence-electron chi connectivity index (χ2n) is 4.33. The second-order valence-corrected chi connectivity index (χ2v) is 5.19. The summed E-state index contributed by atoms with van der Waals surface area (Å²) in [6, 6.07) is 4.96. The Morgan fingerprint density at radius 1 is 1.47 bits per heavy atom. The maximum Gasteiger partial charge on any atom is 0.338 e. The lowest BCUT2D eigenvalue weighted by molar-refractivity contribution is -0.123. The lowest BCUT2D eigenvalue weighted by atomic mass is 10.2. The van der Waals surface area contributed by atoms with Gasteiger partial charge >= 0.3 is 5.97 Å². The van der Waals surface area contributed by atoms with Gasteiger partial charge in [-0.15, -0.1) is 0 Å². The number of ether oxygens (including phenoxy) is 2. The van der Waals surface area contributed by atoms with Crippen LogP contribution in [0.1, 0.15) is 36.5 Å². The van der Waals surface area contributed by atoms with E-state index < -0.39 is 0 Å². The Hall–Kier alpha value is -1.36. The normalized spacial score (nSPS) is 18.4. The molecule has 0 N–H and O–H groups in total. The van der Waals surface area contributed by atoms with Crippen LogP contribution in [0.3, 0.4) is 0 Å². The summed E-state index contributed by atoms with van der Waals surface area (Å²) in [5.41, 5.74) is 0.457. The number of ketones is 1. The van der Waals surface area contributed by atoms with Gasteiger partial charge in [-0.3, -0.25) is 4.79 Å². The molecule has 0 saturated heterocycles. The van der Waals surface area contributed by atoms with Gasteiger partial charge in [-0.05, 0) is 53.9 Å². The van der Waals surface area contributed by atoms with E-state index in [9.17, 15) is 9.59 Å². The number of halogens is 1. The van der Waals surface area contributed by atoms with Crippen LogP contribution in [0.5, 0.6) is 5.75 Å². The molecule has 4 nitrogen and oxygen atoms in total. The quantitative estimate of drug-likeness (QED) is 0.798. The van der Waals surface area contributed by atoms with Crippen molar-refractivity contribution in [2.45, 2.75) is 32.3 Å². The Kier molecular flexibility index (Phi) is 4.58. The van der Waals surface area contributed by atoms with Crippen LogP contribution in [0.4, 0.5) is 0 Å². The summed E-state index contributed by atoms with van der Waals surface area (Å²) in [7, 11) is 0. The van der Waals surface area contributed by atoms with E-state index >= 15 is 0 Å². The second kappa shape index (κ2) is 6.19. The van der Waals surface area contributed by atoms with E-state index in [4.69, 9.17) is 9.47 Å². The van der Waals surface area contributed by atoms with Crippen LogP contribution in [0.2, 0.25) is 0 Å². The van der Waals surface area contributed by atoms with Crippen molar-refractivity contribution in [1.82, 2.24) is 0 Å². The first-order chi connectivity index (χ1) is 9.11. The maximum absolute atomic E-state index is 11.6. The molecular formula is C14H15BrO4. The molecule has 1 saturated carbocycles. The number of benzene rings is 1. The lowest BCUT2D eigenvalue weighted by Gasteiger charge is -2.14. The first kappa shape index (κ1) is 14.1. The molecule has 0 aromatic heterocycles. The number of carbonyl (C=O) groups is 2. The largest absolute Gasteiger partial charge is 0.481 e. The van der Waals surface area contributed by atoms with Gasteiger partial charge in [0.2, 0.25) is 0 Å². The summed E-state index contributed by atoms with van der Waals surface area (Å²) in [5, 5.41) is 0. The molecule has 0 bridgehead atoms. The number of hydrogen-bond acceptors (Lipinski definition) is 4. The summed E-state index contributed by atoms with van der Waals surface area (Å²) in [5.74, 6) is 0.348. The minimum atomic E-state index is -0.369. The third kappa shape index (κ3) is 3.35. The van der Waals surface area contributed by atoms with Crippen LogP contribution in [0.25, 0.3) is 0 Å². The molecule has 0 spiro atoms. The minimum absolute atomic E-state index is 0.140. The molecule has 1 aromatic carbocycles.